The summed E-state index contributed by atoms with van der Waals surface area (Å²) >= 11 is 0. The summed E-state index contributed by atoms with van der Waals surface area (Å²) in [7, 11) is 0. The molecule has 96 valence electrons. The van der Waals surface area contributed by atoms with Crippen LogP contribution in [0.5, 0.6) is 0 Å². The van der Waals surface area contributed by atoms with E-state index in [-0.39, 0.29) is 24.9 Å². The van der Waals surface area contributed by atoms with Crippen molar-refractivity contribution in [2.45, 2.75) is 6.92 Å². The average Bonchev–Trinajstić information content (AvgIpc) is 2.28. The summed E-state index contributed by atoms with van der Waals surface area (Å²) in [4.78, 5) is 36.3. The van der Waals surface area contributed by atoms with Crippen LogP contribution in [0.4, 0.5) is 0 Å². The summed E-state index contributed by atoms with van der Waals surface area (Å²) in [6, 6.07) is 0. The first-order valence-corrected chi connectivity index (χ1v) is 5.46. The van der Waals surface area contributed by atoms with Crippen molar-refractivity contribution >= 4 is 17.8 Å². The number of piperazine rings is 1. The molecule has 1 heterocycles. The second kappa shape index (κ2) is 6.19. The zero-order valence-electron chi connectivity index (χ0n) is 9.81. The second-order valence-electron chi connectivity index (χ2n) is 3.88. The molecule has 7 nitrogen and oxygen atoms in total. The molecule has 17 heavy (non-hydrogen) atoms. The molecule has 7 heteroatoms. The second-order valence-corrected chi connectivity index (χ2v) is 3.88. The molecule has 1 aliphatic heterocycles. The third-order valence-corrected chi connectivity index (χ3v) is 2.63. The van der Waals surface area contributed by atoms with Crippen LogP contribution in [0.25, 0.3) is 0 Å². The van der Waals surface area contributed by atoms with E-state index in [0.29, 0.717) is 26.2 Å². The Labute approximate surface area is 99.4 Å². The van der Waals surface area contributed by atoms with E-state index in [1.54, 1.807) is 9.80 Å². The van der Waals surface area contributed by atoms with E-state index in [1.807, 2.05) is 0 Å². The van der Waals surface area contributed by atoms with Crippen LogP contribution in [0.2, 0.25) is 0 Å². The molecule has 0 aromatic heterocycles. The molecule has 1 fully saturated rings. The molecule has 2 amide bonds. The normalized spacial score (nSPS) is 15.8. The Morgan fingerprint density at radius 2 is 1.59 bits per heavy atom. The van der Waals surface area contributed by atoms with Gasteiger partial charge in [0.15, 0.2) is 0 Å². The van der Waals surface area contributed by atoms with Gasteiger partial charge in [-0.3, -0.25) is 19.7 Å². The molecular weight excluding hydrogens is 226 g/mol. The van der Waals surface area contributed by atoms with Crippen LogP contribution in [0.15, 0.2) is 0 Å². The van der Waals surface area contributed by atoms with E-state index in [0.717, 1.165) is 0 Å². The monoisotopic (exact) mass is 243 g/mol. The molecule has 1 saturated heterocycles. The number of carbonyl (C=O) groups is 3. The first kappa shape index (κ1) is 13.4. The molecule has 0 unspecified atom stereocenters. The highest BCUT2D eigenvalue weighted by molar-refractivity contribution is 5.80. The Balaban J connectivity index is 2.26. The van der Waals surface area contributed by atoms with Crippen LogP contribution >= 0.6 is 0 Å². The topological polar surface area (TPSA) is 90.0 Å². The number of hydrogen-bond donors (Lipinski definition) is 2. The molecule has 0 aliphatic carbocycles. The SMILES string of the molecule is CC(=O)N1CCN(C(=O)CNCC(=O)O)CC1. The van der Waals surface area contributed by atoms with E-state index in [2.05, 4.69) is 5.32 Å². The third kappa shape index (κ3) is 4.39. The Morgan fingerprint density at radius 1 is 1.06 bits per heavy atom. The Morgan fingerprint density at radius 3 is 2.06 bits per heavy atom. The van der Waals surface area contributed by atoms with Gasteiger partial charge >= 0.3 is 5.97 Å². The molecule has 0 saturated carbocycles. The molecule has 0 radical (unpaired) electrons. The fraction of sp³-hybridized carbons (Fsp3) is 0.700. The van der Waals surface area contributed by atoms with Crippen molar-refractivity contribution in [3.8, 4) is 0 Å². The highest BCUT2D eigenvalue weighted by atomic mass is 16.4. The van der Waals surface area contributed by atoms with Gasteiger partial charge < -0.3 is 14.9 Å². The summed E-state index contributed by atoms with van der Waals surface area (Å²) < 4.78 is 0. The van der Waals surface area contributed by atoms with Gasteiger partial charge in [-0.25, -0.2) is 0 Å². The number of nitrogens with zero attached hydrogens (tertiary/aromatic N) is 2. The number of aliphatic carboxylic acids is 1. The maximum absolute atomic E-state index is 11.6. The smallest absolute Gasteiger partial charge is 0.317 e. The lowest BCUT2D eigenvalue weighted by Crippen LogP contribution is -2.52. The minimum atomic E-state index is -0.987. The van der Waals surface area contributed by atoms with Gasteiger partial charge in [-0.15, -0.1) is 0 Å². The van der Waals surface area contributed by atoms with E-state index >= 15 is 0 Å². The van der Waals surface area contributed by atoms with Crippen molar-refractivity contribution < 1.29 is 19.5 Å². The number of carboxylic acid groups (broad SMARTS) is 1. The lowest BCUT2D eigenvalue weighted by molar-refractivity contribution is -0.138. The number of amides is 2. The van der Waals surface area contributed by atoms with Gasteiger partial charge in [0.2, 0.25) is 11.8 Å². The fourth-order valence-corrected chi connectivity index (χ4v) is 1.66. The molecule has 0 bridgehead atoms. The highest BCUT2D eigenvalue weighted by Gasteiger charge is 2.21. The number of carbonyl (C=O) groups excluding carboxylic acids is 2. The van der Waals surface area contributed by atoms with Crippen molar-refractivity contribution in [3.63, 3.8) is 0 Å². The van der Waals surface area contributed by atoms with Gasteiger partial charge in [-0.1, -0.05) is 0 Å². The minimum Gasteiger partial charge on any atom is -0.480 e. The van der Waals surface area contributed by atoms with Crippen molar-refractivity contribution in [3.05, 3.63) is 0 Å². The lowest BCUT2D eigenvalue weighted by atomic mass is 10.3. The number of hydrogen-bond acceptors (Lipinski definition) is 4. The first-order valence-electron chi connectivity index (χ1n) is 5.46. The highest BCUT2D eigenvalue weighted by Crippen LogP contribution is 2.01. The predicted octanol–water partition coefficient (Wildman–Crippen LogP) is -1.65. The van der Waals surface area contributed by atoms with Crippen LogP contribution in [0, 0.1) is 0 Å². The molecule has 1 rings (SSSR count). The molecule has 0 atom stereocenters. The number of carboxylic acids is 1. The third-order valence-electron chi connectivity index (χ3n) is 2.63. The molecule has 0 aromatic rings. The molecule has 1 aliphatic rings. The molecule has 0 spiro atoms. The van der Waals surface area contributed by atoms with Crippen LogP contribution in [0.1, 0.15) is 6.92 Å². The summed E-state index contributed by atoms with van der Waals surface area (Å²) in [5.74, 6) is -1.10. The Kier molecular flexibility index (Phi) is 4.89. The van der Waals surface area contributed by atoms with Crippen LogP contribution in [-0.2, 0) is 14.4 Å². The van der Waals surface area contributed by atoms with Gasteiger partial charge in [0.25, 0.3) is 0 Å². The fourth-order valence-electron chi connectivity index (χ4n) is 1.66. The molecular formula is C10H17N3O4. The van der Waals surface area contributed by atoms with Crippen molar-refractivity contribution in [1.29, 1.82) is 0 Å². The van der Waals surface area contributed by atoms with Crippen molar-refractivity contribution in [2.75, 3.05) is 39.3 Å². The maximum Gasteiger partial charge on any atom is 0.317 e. The van der Waals surface area contributed by atoms with Gasteiger partial charge in [0, 0.05) is 33.1 Å². The molecule has 0 aromatic carbocycles. The summed E-state index contributed by atoms with van der Waals surface area (Å²) in [5, 5.41) is 10.9. The van der Waals surface area contributed by atoms with Crippen molar-refractivity contribution in [2.24, 2.45) is 0 Å². The average molecular weight is 243 g/mol. The van der Waals surface area contributed by atoms with E-state index < -0.39 is 5.97 Å². The number of nitrogens with one attached hydrogen (secondary N) is 1. The summed E-state index contributed by atoms with van der Waals surface area (Å²) in [6.45, 7) is 3.40. The van der Waals surface area contributed by atoms with Gasteiger partial charge in [-0.2, -0.15) is 0 Å². The van der Waals surface area contributed by atoms with Gasteiger partial charge in [0.1, 0.15) is 0 Å². The zero-order valence-corrected chi connectivity index (χ0v) is 9.81. The van der Waals surface area contributed by atoms with Gasteiger partial charge in [0.05, 0.1) is 13.1 Å². The van der Waals surface area contributed by atoms with Crippen molar-refractivity contribution in [1.82, 2.24) is 15.1 Å². The Bertz CT molecular complexity index is 311. The van der Waals surface area contributed by atoms with E-state index in [9.17, 15) is 14.4 Å². The van der Waals surface area contributed by atoms with Crippen LogP contribution in [0.3, 0.4) is 0 Å². The van der Waals surface area contributed by atoms with Crippen LogP contribution < -0.4 is 5.32 Å². The summed E-state index contributed by atoms with van der Waals surface area (Å²) in [6.07, 6.45) is 0. The Hall–Kier alpha value is -1.63. The zero-order chi connectivity index (χ0) is 12.8. The van der Waals surface area contributed by atoms with E-state index in [4.69, 9.17) is 5.11 Å². The largest absolute Gasteiger partial charge is 0.480 e. The predicted molar refractivity (Wildman–Crippen MR) is 59.3 cm³/mol. The maximum atomic E-state index is 11.6. The standard InChI is InChI=1S/C10H17N3O4/c1-8(14)12-2-4-13(5-3-12)9(15)6-11-7-10(16)17/h11H,2-7H2,1H3,(H,16,17). The van der Waals surface area contributed by atoms with Gasteiger partial charge in [-0.05, 0) is 0 Å². The number of rotatable bonds is 4. The summed E-state index contributed by atoms with van der Waals surface area (Å²) in [5.41, 5.74) is 0. The molecule has 2 N–H and O–H groups in total. The first-order chi connectivity index (χ1) is 8.00. The van der Waals surface area contributed by atoms with Crippen LogP contribution in [-0.4, -0.2) is 72.0 Å². The lowest BCUT2D eigenvalue weighted by Gasteiger charge is -2.34. The minimum absolute atomic E-state index is 0.0149. The quantitative estimate of drug-likeness (QED) is 0.617. The van der Waals surface area contributed by atoms with E-state index in [1.165, 1.54) is 6.92 Å².